The average molecular weight is 350 g/mol. The van der Waals surface area contributed by atoms with Gasteiger partial charge < -0.3 is 10.6 Å². The number of amides is 1. The average Bonchev–Trinajstić information content (AvgIpc) is 2.55. The van der Waals surface area contributed by atoms with Gasteiger partial charge in [-0.1, -0.05) is 12.6 Å². The minimum Gasteiger partial charge on any atom is -0.351 e. The predicted octanol–water partition coefficient (Wildman–Crippen LogP) is 0.843. The number of nitrogens with one attached hydrogen (secondary N) is 2. The summed E-state index contributed by atoms with van der Waals surface area (Å²) in [5, 5.41) is 6.04. The van der Waals surface area contributed by atoms with Crippen LogP contribution in [0.2, 0.25) is 0 Å². The first-order chi connectivity index (χ1) is 11.4. The lowest BCUT2D eigenvalue weighted by atomic mass is 10.2. The standard InChI is InChI=1S/C14H13FN5O3S/c1-2-24(22,23)7-6-16-12(21)10-4-3-5-11(8-10)19-14-18-9-17-13(15)20-14/h2-5,8H,1,6-7H2,(H,16,21)(H,17,18,19,20). The molecule has 0 saturated heterocycles. The van der Waals surface area contributed by atoms with Gasteiger partial charge in [-0.25, -0.2) is 8.42 Å². The van der Waals surface area contributed by atoms with E-state index in [0.29, 0.717) is 5.69 Å². The highest BCUT2D eigenvalue weighted by atomic mass is 32.2. The Morgan fingerprint density at radius 3 is 2.88 bits per heavy atom. The van der Waals surface area contributed by atoms with E-state index in [2.05, 4.69) is 38.5 Å². The number of aromatic nitrogens is 3. The zero-order chi connectivity index (χ0) is 17.6. The maximum atomic E-state index is 12.9. The van der Waals surface area contributed by atoms with Crippen molar-refractivity contribution in [2.75, 3.05) is 17.6 Å². The van der Waals surface area contributed by atoms with E-state index < -0.39 is 21.8 Å². The Balaban J connectivity index is 2.01. The van der Waals surface area contributed by atoms with Gasteiger partial charge in [-0.2, -0.15) is 19.3 Å². The maximum Gasteiger partial charge on any atom is 0.314 e. The predicted molar refractivity (Wildman–Crippen MR) is 84.7 cm³/mol. The van der Waals surface area contributed by atoms with E-state index in [4.69, 9.17) is 0 Å². The van der Waals surface area contributed by atoms with Crippen LogP contribution >= 0.6 is 0 Å². The molecule has 0 unspecified atom stereocenters. The highest BCUT2D eigenvalue weighted by molar-refractivity contribution is 7.94. The lowest BCUT2D eigenvalue weighted by molar-refractivity contribution is 0.0956. The molecule has 0 aliphatic heterocycles. The van der Waals surface area contributed by atoms with Gasteiger partial charge in [0.05, 0.1) is 5.75 Å². The molecule has 8 nitrogen and oxygen atoms in total. The fourth-order valence-corrected chi connectivity index (χ4v) is 2.22. The van der Waals surface area contributed by atoms with E-state index in [9.17, 15) is 17.6 Å². The van der Waals surface area contributed by atoms with Crippen molar-refractivity contribution < 1.29 is 17.6 Å². The Morgan fingerprint density at radius 1 is 1.38 bits per heavy atom. The normalized spacial score (nSPS) is 10.9. The number of anilines is 2. The first-order valence-corrected chi connectivity index (χ1v) is 8.39. The number of rotatable bonds is 7. The number of hydrogen-bond donors (Lipinski definition) is 2. The van der Waals surface area contributed by atoms with Crippen LogP contribution < -0.4 is 10.6 Å². The first kappa shape index (κ1) is 17.5. The molecule has 0 saturated carbocycles. The fourth-order valence-electron chi connectivity index (χ4n) is 1.67. The van der Waals surface area contributed by atoms with Crippen molar-refractivity contribution in [3.8, 4) is 0 Å². The van der Waals surface area contributed by atoms with Crippen LogP contribution in [-0.4, -0.2) is 41.6 Å². The second-order valence-electron chi connectivity index (χ2n) is 4.52. The third-order valence-corrected chi connectivity index (χ3v) is 4.08. The molecule has 10 heteroatoms. The minimum absolute atomic E-state index is 0.0432. The van der Waals surface area contributed by atoms with Crippen LogP contribution in [0.25, 0.3) is 0 Å². The largest absolute Gasteiger partial charge is 0.351 e. The van der Waals surface area contributed by atoms with Crippen molar-refractivity contribution in [1.82, 2.24) is 20.3 Å². The molecule has 0 spiro atoms. The molecule has 125 valence electrons. The van der Waals surface area contributed by atoms with Gasteiger partial charge in [0.25, 0.3) is 5.91 Å². The smallest absolute Gasteiger partial charge is 0.314 e. The second-order valence-corrected chi connectivity index (χ2v) is 6.59. The summed E-state index contributed by atoms with van der Waals surface area (Å²) < 4.78 is 35.4. The molecule has 0 aliphatic carbocycles. The molecular weight excluding hydrogens is 337 g/mol. The zero-order valence-corrected chi connectivity index (χ0v) is 13.2. The molecule has 2 aromatic rings. The Bertz CT molecular complexity index is 857. The van der Waals surface area contributed by atoms with Crippen LogP contribution in [0.15, 0.2) is 36.3 Å². The number of sulfone groups is 1. The van der Waals surface area contributed by atoms with Crippen molar-refractivity contribution in [1.29, 1.82) is 0 Å². The number of carbonyl (C=O) groups is 1. The molecule has 0 fully saturated rings. The zero-order valence-electron chi connectivity index (χ0n) is 12.4. The van der Waals surface area contributed by atoms with Gasteiger partial charge in [0.2, 0.25) is 12.3 Å². The van der Waals surface area contributed by atoms with E-state index in [1.54, 1.807) is 18.2 Å². The van der Waals surface area contributed by atoms with Crippen LogP contribution in [0.1, 0.15) is 10.4 Å². The van der Waals surface area contributed by atoms with Gasteiger partial charge in [-0.3, -0.25) is 4.79 Å². The van der Waals surface area contributed by atoms with Gasteiger partial charge in [0, 0.05) is 23.2 Å². The number of halogens is 1. The Morgan fingerprint density at radius 2 is 2.17 bits per heavy atom. The monoisotopic (exact) mass is 350 g/mol. The summed E-state index contributed by atoms with van der Waals surface area (Å²) in [6.45, 7) is 3.15. The van der Waals surface area contributed by atoms with E-state index in [1.165, 1.54) is 6.07 Å². The van der Waals surface area contributed by atoms with Crippen LogP contribution in [0, 0.1) is 12.4 Å². The van der Waals surface area contributed by atoms with E-state index in [-0.39, 0.29) is 23.8 Å². The van der Waals surface area contributed by atoms with Gasteiger partial charge in [0.15, 0.2) is 9.84 Å². The van der Waals surface area contributed by atoms with Crippen molar-refractivity contribution in [3.05, 3.63) is 54.2 Å². The Hall–Kier alpha value is -2.88. The van der Waals surface area contributed by atoms with Crippen molar-refractivity contribution in [3.63, 3.8) is 0 Å². The molecule has 1 aromatic heterocycles. The third kappa shape index (κ3) is 5.09. The summed E-state index contributed by atoms with van der Waals surface area (Å²) in [5.74, 6) is -0.747. The third-order valence-electron chi connectivity index (χ3n) is 2.80. The summed E-state index contributed by atoms with van der Waals surface area (Å²) in [6.07, 6.45) is 1.11. The van der Waals surface area contributed by atoms with Crippen molar-refractivity contribution >= 4 is 27.4 Å². The van der Waals surface area contributed by atoms with Crippen LogP contribution in [0.4, 0.5) is 16.0 Å². The molecule has 24 heavy (non-hydrogen) atoms. The molecule has 1 heterocycles. The summed E-state index contributed by atoms with van der Waals surface area (Å²) in [6, 6.07) is 6.25. The summed E-state index contributed by atoms with van der Waals surface area (Å²) in [7, 11) is -3.37. The molecule has 1 amide bonds. The summed E-state index contributed by atoms with van der Waals surface area (Å²) in [4.78, 5) is 22.2. The lowest BCUT2D eigenvalue weighted by Gasteiger charge is -2.07. The molecule has 1 radical (unpaired) electrons. The van der Waals surface area contributed by atoms with Crippen molar-refractivity contribution in [2.24, 2.45) is 0 Å². The second kappa shape index (κ2) is 7.59. The minimum atomic E-state index is -3.37. The highest BCUT2D eigenvalue weighted by Crippen LogP contribution is 2.14. The Kier molecular flexibility index (Phi) is 5.53. The topological polar surface area (TPSA) is 114 Å². The molecule has 0 atom stereocenters. The number of benzene rings is 1. The van der Waals surface area contributed by atoms with Crippen molar-refractivity contribution in [2.45, 2.75) is 0 Å². The highest BCUT2D eigenvalue weighted by Gasteiger charge is 2.09. The summed E-state index contributed by atoms with van der Waals surface area (Å²) in [5.41, 5.74) is 0.731. The van der Waals surface area contributed by atoms with Gasteiger partial charge in [-0.05, 0) is 18.2 Å². The SMILES string of the molecule is C=CS(=O)(=O)CCNC(=O)c1cccc(Nc2n[c]nc(F)n2)c1. The summed E-state index contributed by atoms with van der Waals surface area (Å²) >= 11 is 0. The molecule has 2 rings (SSSR count). The van der Waals surface area contributed by atoms with Gasteiger partial charge in [0.1, 0.15) is 0 Å². The first-order valence-electron chi connectivity index (χ1n) is 6.68. The van der Waals surface area contributed by atoms with Crippen LogP contribution in [0.5, 0.6) is 0 Å². The lowest BCUT2D eigenvalue weighted by Crippen LogP contribution is -2.28. The Labute approximate surface area is 137 Å². The molecule has 1 aromatic carbocycles. The van der Waals surface area contributed by atoms with Gasteiger partial charge in [-0.15, -0.1) is 0 Å². The van der Waals surface area contributed by atoms with Gasteiger partial charge >= 0.3 is 6.08 Å². The molecule has 2 N–H and O–H groups in total. The van der Waals surface area contributed by atoms with E-state index >= 15 is 0 Å². The maximum absolute atomic E-state index is 12.9. The molecule has 0 aliphatic rings. The number of hydrogen-bond acceptors (Lipinski definition) is 7. The molecule has 0 bridgehead atoms. The number of nitrogens with zero attached hydrogens (tertiary/aromatic N) is 3. The fraction of sp³-hybridized carbons (Fsp3) is 0.143. The van der Waals surface area contributed by atoms with Crippen LogP contribution in [0.3, 0.4) is 0 Å². The number of carbonyl (C=O) groups excluding carboxylic acids is 1. The quantitative estimate of drug-likeness (QED) is 0.760. The van der Waals surface area contributed by atoms with E-state index in [0.717, 1.165) is 5.41 Å². The van der Waals surface area contributed by atoms with Crippen LogP contribution in [-0.2, 0) is 9.84 Å². The molecular formula is C14H13FN5O3S. The van der Waals surface area contributed by atoms with E-state index in [1.807, 2.05) is 0 Å².